The molecule has 3 aromatic rings. The summed E-state index contributed by atoms with van der Waals surface area (Å²) in [6.07, 6.45) is 1.63. The fraction of sp³-hybridized carbons (Fsp3) is 0.375. The van der Waals surface area contributed by atoms with Crippen LogP contribution in [0, 0.1) is 6.92 Å². The zero-order chi connectivity index (χ0) is 20.4. The van der Waals surface area contributed by atoms with Crippen molar-refractivity contribution in [3.63, 3.8) is 0 Å². The summed E-state index contributed by atoms with van der Waals surface area (Å²) in [5.74, 6) is 1.54. The number of pyridine rings is 1. The van der Waals surface area contributed by atoms with Crippen LogP contribution in [0.4, 0.5) is 0 Å². The Balaban J connectivity index is 1.87. The van der Waals surface area contributed by atoms with Crippen molar-refractivity contribution in [1.82, 2.24) is 9.88 Å². The maximum absolute atomic E-state index is 10.1. The standard InChI is InChI=1S/C24H28N2O3/c1-16-6-4-7-17-12-18(14-26-11-5-8-19(27)15-26)24(25-23(16)17)21-13-20(28-2)9-10-22(21)29-3/h4,6-7,9-10,12-13,19,27H,5,8,11,14-15H2,1-3H3/t19-/m1/s1. The molecule has 5 nitrogen and oxygen atoms in total. The molecule has 1 aliphatic rings. The first-order chi connectivity index (χ1) is 14.1. The topological polar surface area (TPSA) is 54.8 Å². The molecule has 2 heterocycles. The summed E-state index contributed by atoms with van der Waals surface area (Å²) in [6.45, 7) is 4.50. The van der Waals surface area contributed by atoms with Gasteiger partial charge in [-0.3, -0.25) is 4.90 Å². The van der Waals surface area contributed by atoms with Crippen molar-refractivity contribution < 1.29 is 14.6 Å². The number of benzene rings is 2. The second-order valence-electron chi connectivity index (χ2n) is 7.74. The Morgan fingerprint density at radius 1 is 1.14 bits per heavy atom. The third kappa shape index (κ3) is 4.07. The predicted molar refractivity (Wildman–Crippen MR) is 116 cm³/mol. The Bertz CT molecular complexity index is 1020. The molecular weight excluding hydrogens is 364 g/mol. The zero-order valence-electron chi connectivity index (χ0n) is 17.3. The fourth-order valence-electron chi connectivity index (χ4n) is 4.16. The van der Waals surface area contributed by atoms with E-state index in [-0.39, 0.29) is 6.10 Å². The number of piperidine rings is 1. The van der Waals surface area contributed by atoms with Crippen LogP contribution in [0.25, 0.3) is 22.2 Å². The number of rotatable bonds is 5. The molecule has 1 atom stereocenters. The van der Waals surface area contributed by atoms with Gasteiger partial charge in [0.05, 0.1) is 31.5 Å². The first-order valence-corrected chi connectivity index (χ1v) is 10.1. The lowest BCUT2D eigenvalue weighted by molar-refractivity contribution is 0.0669. The van der Waals surface area contributed by atoms with E-state index in [0.29, 0.717) is 6.54 Å². The van der Waals surface area contributed by atoms with Crippen LogP contribution in [0.3, 0.4) is 0 Å². The van der Waals surface area contributed by atoms with E-state index in [0.717, 1.165) is 70.7 Å². The summed E-state index contributed by atoms with van der Waals surface area (Å²) in [6, 6.07) is 14.3. The van der Waals surface area contributed by atoms with Crippen molar-refractivity contribution >= 4 is 10.9 Å². The molecule has 0 saturated carbocycles. The summed E-state index contributed by atoms with van der Waals surface area (Å²) in [5.41, 5.74) is 5.09. The summed E-state index contributed by atoms with van der Waals surface area (Å²) >= 11 is 0. The summed E-state index contributed by atoms with van der Waals surface area (Å²) in [7, 11) is 3.35. The fourth-order valence-corrected chi connectivity index (χ4v) is 4.16. The monoisotopic (exact) mass is 392 g/mol. The van der Waals surface area contributed by atoms with Crippen molar-refractivity contribution in [2.45, 2.75) is 32.4 Å². The minimum absolute atomic E-state index is 0.255. The Labute approximate surface area is 171 Å². The lowest BCUT2D eigenvalue weighted by Crippen LogP contribution is -2.37. The number of hydrogen-bond donors (Lipinski definition) is 1. The Kier molecular flexibility index (Phi) is 5.69. The van der Waals surface area contributed by atoms with Crippen molar-refractivity contribution in [2.75, 3.05) is 27.3 Å². The van der Waals surface area contributed by atoms with Crippen LogP contribution in [0.2, 0.25) is 0 Å². The van der Waals surface area contributed by atoms with Crippen molar-refractivity contribution in [3.8, 4) is 22.8 Å². The number of fused-ring (bicyclic) bond motifs is 1. The molecule has 0 radical (unpaired) electrons. The minimum atomic E-state index is -0.255. The smallest absolute Gasteiger partial charge is 0.128 e. The molecule has 5 heteroatoms. The number of aryl methyl sites for hydroxylation is 1. The van der Waals surface area contributed by atoms with E-state index in [1.54, 1.807) is 14.2 Å². The molecule has 0 spiro atoms. The van der Waals surface area contributed by atoms with E-state index in [2.05, 4.69) is 36.1 Å². The number of ether oxygens (including phenoxy) is 2. The number of likely N-dealkylation sites (tertiary alicyclic amines) is 1. The van der Waals surface area contributed by atoms with Crippen molar-refractivity contribution in [3.05, 3.63) is 53.6 Å². The Hall–Kier alpha value is -2.63. The van der Waals surface area contributed by atoms with Crippen molar-refractivity contribution in [1.29, 1.82) is 0 Å². The molecule has 4 rings (SSSR count). The number of aliphatic hydroxyl groups is 1. The van der Waals surface area contributed by atoms with Crippen molar-refractivity contribution in [2.24, 2.45) is 0 Å². The van der Waals surface area contributed by atoms with Gasteiger partial charge in [0.15, 0.2) is 0 Å². The van der Waals surface area contributed by atoms with Crippen LogP contribution in [-0.4, -0.2) is 48.4 Å². The first kappa shape index (κ1) is 19.7. The SMILES string of the molecule is COc1ccc(OC)c(-c2nc3c(C)cccc3cc2CN2CCC[C@@H](O)C2)c1. The van der Waals surface area contributed by atoms with E-state index in [1.807, 2.05) is 18.2 Å². The first-order valence-electron chi connectivity index (χ1n) is 10.1. The van der Waals surface area contributed by atoms with E-state index in [4.69, 9.17) is 14.5 Å². The molecule has 152 valence electrons. The highest BCUT2D eigenvalue weighted by molar-refractivity contribution is 5.87. The molecule has 1 fully saturated rings. The highest BCUT2D eigenvalue weighted by Gasteiger charge is 2.21. The van der Waals surface area contributed by atoms with Crippen LogP contribution in [0.5, 0.6) is 11.5 Å². The Morgan fingerprint density at radius 2 is 2.00 bits per heavy atom. The highest BCUT2D eigenvalue weighted by atomic mass is 16.5. The average Bonchev–Trinajstić information content (AvgIpc) is 2.73. The molecular formula is C24H28N2O3. The van der Waals surface area contributed by atoms with Crippen LogP contribution in [-0.2, 0) is 6.54 Å². The third-order valence-electron chi connectivity index (χ3n) is 5.66. The van der Waals surface area contributed by atoms with E-state index < -0.39 is 0 Å². The third-order valence-corrected chi connectivity index (χ3v) is 5.66. The quantitative estimate of drug-likeness (QED) is 0.706. The number of hydrogen-bond acceptors (Lipinski definition) is 5. The van der Waals surface area contributed by atoms with Gasteiger partial charge < -0.3 is 14.6 Å². The summed E-state index contributed by atoms with van der Waals surface area (Å²) in [4.78, 5) is 7.40. The van der Waals surface area contributed by atoms with Gasteiger partial charge in [-0.25, -0.2) is 4.98 Å². The van der Waals surface area contributed by atoms with Gasteiger partial charge in [0.1, 0.15) is 11.5 Å². The maximum atomic E-state index is 10.1. The zero-order valence-corrected chi connectivity index (χ0v) is 17.3. The molecule has 1 saturated heterocycles. The lowest BCUT2D eigenvalue weighted by Gasteiger charge is -2.30. The van der Waals surface area contributed by atoms with E-state index in [9.17, 15) is 5.11 Å². The summed E-state index contributed by atoms with van der Waals surface area (Å²) in [5, 5.41) is 11.2. The number of para-hydroxylation sites is 1. The second kappa shape index (κ2) is 8.39. The molecule has 0 amide bonds. The summed E-state index contributed by atoms with van der Waals surface area (Å²) < 4.78 is 11.1. The van der Waals surface area contributed by atoms with Gasteiger partial charge >= 0.3 is 0 Å². The largest absolute Gasteiger partial charge is 0.497 e. The van der Waals surface area contributed by atoms with Crippen LogP contribution in [0.15, 0.2) is 42.5 Å². The second-order valence-corrected chi connectivity index (χ2v) is 7.74. The van der Waals surface area contributed by atoms with Crippen LogP contribution in [0.1, 0.15) is 24.0 Å². The predicted octanol–water partition coefficient (Wildman–Crippen LogP) is 4.18. The molecule has 0 unspecified atom stereocenters. The van der Waals surface area contributed by atoms with Gasteiger partial charge in [-0.05, 0) is 61.7 Å². The maximum Gasteiger partial charge on any atom is 0.128 e. The van der Waals surface area contributed by atoms with E-state index >= 15 is 0 Å². The normalized spacial score (nSPS) is 17.4. The molecule has 1 aliphatic heterocycles. The number of β-amino-alcohol motifs (C(OH)–C–C–N with tert-alkyl or cyclic N) is 1. The van der Waals surface area contributed by atoms with Gasteiger partial charge in [0, 0.05) is 24.0 Å². The van der Waals surface area contributed by atoms with Gasteiger partial charge in [-0.15, -0.1) is 0 Å². The molecule has 0 aliphatic carbocycles. The van der Waals surface area contributed by atoms with Crippen LogP contribution >= 0.6 is 0 Å². The molecule has 29 heavy (non-hydrogen) atoms. The number of nitrogens with zero attached hydrogens (tertiary/aromatic N) is 2. The van der Waals surface area contributed by atoms with Gasteiger partial charge in [0.2, 0.25) is 0 Å². The average molecular weight is 392 g/mol. The van der Waals surface area contributed by atoms with Gasteiger partial charge in [-0.1, -0.05) is 18.2 Å². The highest BCUT2D eigenvalue weighted by Crippen LogP contribution is 2.36. The molecule has 2 aromatic carbocycles. The minimum Gasteiger partial charge on any atom is -0.497 e. The van der Waals surface area contributed by atoms with E-state index in [1.165, 1.54) is 0 Å². The lowest BCUT2D eigenvalue weighted by atomic mass is 9.99. The molecule has 1 N–H and O–H groups in total. The molecule has 0 bridgehead atoms. The number of aliphatic hydroxyl groups excluding tert-OH is 1. The van der Waals surface area contributed by atoms with Gasteiger partial charge in [-0.2, -0.15) is 0 Å². The molecule has 1 aromatic heterocycles. The number of methoxy groups -OCH3 is 2. The van der Waals surface area contributed by atoms with Gasteiger partial charge in [0.25, 0.3) is 0 Å². The number of aromatic nitrogens is 1. The Morgan fingerprint density at radius 3 is 2.76 bits per heavy atom. The van der Waals surface area contributed by atoms with Crippen LogP contribution < -0.4 is 9.47 Å².